The molecule has 3 rings (SSSR count). The number of fused-ring (bicyclic) bond motifs is 1. The number of anilines is 3. The number of imidazole rings is 1. The highest BCUT2D eigenvalue weighted by molar-refractivity contribution is 6.28. The summed E-state index contributed by atoms with van der Waals surface area (Å²) >= 11 is 5.92. The normalized spacial score (nSPS) is 10.8. The fraction of sp³-hybridized carbons (Fsp3) is 0.0833. The molecule has 0 saturated carbocycles. The molecule has 2 heterocycles. The van der Waals surface area contributed by atoms with Crippen molar-refractivity contribution in [1.82, 2.24) is 19.5 Å². The Bertz CT molecular complexity index is 734. The van der Waals surface area contributed by atoms with E-state index in [1.807, 2.05) is 19.2 Å². The van der Waals surface area contributed by atoms with Crippen LogP contribution >= 0.6 is 11.6 Å². The minimum absolute atomic E-state index is 0.175. The van der Waals surface area contributed by atoms with Crippen LogP contribution in [0.2, 0.25) is 5.28 Å². The van der Waals surface area contributed by atoms with Gasteiger partial charge in [0.1, 0.15) is 0 Å². The van der Waals surface area contributed by atoms with E-state index in [0.717, 1.165) is 5.69 Å². The molecule has 0 spiro atoms. The summed E-state index contributed by atoms with van der Waals surface area (Å²) in [4.78, 5) is 12.6. The summed E-state index contributed by atoms with van der Waals surface area (Å²) in [6.07, 6.45) is 1.67. The smallest absolute Gasteiger partial charge is 0.226 e. The maximum atomic E-state index is 5.92. The Balaban J connectivity index is 2.07. The van der Waals surface area contributed by atoms with Gasteiger partial charge < -0.3 is 15.6 Å². The summed E-state index contributed by atoms with van der Waals surface area (Å²) in [5, 5.41) is 3.34. The Morgan fingerprint density at radius 1 is 1.21 bits per heavy atom. The van der Waals surface area contributed by atoms with Crippen LogP contribution in [-0.2, 0) is 7.05 Å². The number of nitrogens with zero attached hydrogens (tertiary/aromatic N) is 4. The van der Waals surface area contributed by atoms with E-state index >= 15 is 0 Å². The van der Waals surface area contributed by atoms with Gasteiger partial charge in [-0.1, -0.05) is 0 Å². The fourth-order valence-electron chi connectivity index (χ4n) is 1.77. The van der Waals surface area contributed by atoms with Crippen LogP contribution in [-0.4, -0.2) is 19.5 Å². The Kier molecular flexibility index (Phi) is 2.72. The lowest BCUT2D eigenvalue weighted by Gasteiger charge is -2.06. The molecule has 0 atom stereocenters. The summed E-state index contributed by atoms with van der Waals surface area (Å²) in [6.45, 7) is 0. The molecule has 6 nitrogen and oxygen atoms in total. The lowest BCUT2D eigenvalue weighted by molar-refractivity contribution is 0.928. The first-order valence-corrected chi connectivity index (χ1v) is 5.98. The van der Waals surface area contributed by atoms with Crippen molar-refractivity contribution in [1.29, 1.82) is 0 Å². The van der Waals surface area contributed by atoms with Crippen LogP contribution < -0.4 is 11.1 Å². The van der Waals surface area contributed by atoms with Gasteiger partial charge in [0.15, 0.2) is 17.0 Å². The number of hydrogen-bond acceptors (Lipinski definition) is 5. The van der Waals surface area contributed by atoms with Crippen molar-refractivity contribution in [2.24, 2.45) is 7.05 Å². The van der Waals surface area contributed by atoms with Gasteiger partial charge in [-0.15, -0.1) is 0 Å². The molecule has 3 N–H and O–H groups in total. The lowest BCUT2D eigenvalue weighted by atomic mass is 10.3. The van der Waals surface area contributed by atoms with Crippen LogP contribution in [0.5, 0.6) is 0 Å². The molecule has 7 heteroatoms. The number of nitrogen functional groups attached to an aromatic ring is 1. The third-order valence-electron chi connectivity index (χ3n) is 2.71. The van der Waals surface area contributed by atoms with Crippen molar-refractivity contribution in [3.8, 4) is 0 Å². The number of hydrogen-bond donors (Lipinski definition) is 2. The minimum Gasteiger partial charge on any atom is -0.399 e. The summed E-state index contributed by atoms with van der Waals surface area (Å²) < 4.78 is 1.79. The highest BCUT2D eigenvalue weighted by Crippen LogP contribution is 2.24. The summed E-state index contributed by atoms with van der Waals surface area (Å²) in [5.74, 6) is 0.570. The molecule has 96 valence electrons. The molecule has 2 aromatic heterocycles. The predicted molar refractivity (Wildman–Crippen MR) is 75.5 cm³/mol. The minimum atomic E-state index is 0.175. The molecular formula is C12H11ClN6. The van der Waals surface area contributed by atoms with Crippen molar-refractivity contribution in [3.05, 3.63) is 35.9 Å². The summed E-state index contributed by atoms with van der Waals surface area (Å²) in [6, 6.07) is 7.34. The van der Waals surface area contributed by atoms with Crippen molar-refractivity contribution < 1.29 is 0 Å². The maximum Gasteiger partial charge on any atom is 0.226 e. The molecule has 0 saturated heterocycles. The van der Waals surface area contributed by atoms with E-state index in [0.29, 0.717) is 22.7 Å². The second-order valence-corrected chi connectivity index (χ2v) is 4.45. The molecule has 1 aromatic carbocycles. The molecule has 0 aliphatic carbocycles. The van der Waals surface area contributed by atoms with Gasteiger partial charge in [-0.2, -0.15) is 9.97 Å². The van der Waals surface area contributed by atoms with Crippen LogP contribution in [0.25, 0.3) is 11.2 Å². The first-order valence-electron chi connectivity index (χ1n) is 5.60. The zero-order valence-corrected chi connectivity index (χ0v) is 10.9. The van der Waals surface area contributed by atoms with Crippen LogP contribution in [0.15, 0.2) is 30.6 Å². The van der Waals surface area contributed by atoms with E-state index in [9.17, 15) is 0 Å². The Morgan fingerprint density at radius 2 is 1.95 bits per heavy atom. The van der Waals surface area contributed by atoms with Crippen molar-refractivity contribution in [2.75, 3.05) is 11.1 Å². The van der Waals surface area contributed by atoms with Gasteiger partial charge in [0.25, 0.3) is 0 Å². The lowest BCUT2D eigenvalue weighted by Crippen LogP contribution is -1.98. The monoisotopic (exact) mass is 274 g/mol. The van der Waals surface area contributed by atoms with Gasteiger partial charge >= 0.3 is 0 Å². The molecular weight excluding hydrogens is 264 g/mol. The van der Waals surface area contributed by atoms with Gasteiger partial charge in [-0.25, -0.2) is 4.98 Å². The number of halogens is 1. The average molecular weight is 275 g/mol. The van der Waals surface area contributed by atoms with E-state index in [2.05, 4.69) is 20.3 Å². The van der Waals surface area contributed by atoms with Crippen molar-refractivity contribution in [3.63, 3.8) is 0 Å². The van der Waals surface area contributed by atoms with Gasteiger partial charge in [0, 0.05) is 18.4 Å². The Hall–Kier alpha value is -2.34. The number of aryl methyl sites for hydroxylation is 1. The van der Waals surface area contributed by atoms with E-state index in [1.54, 1.807) is 23.0 Å². The Morgan fingerprint density at radius 3 is 2.68 bits per heavy atom. The molecule has 0 radical (unpaired) electrons. The molecule has 0 unspecified atom stereocenters. The van der Waals surface area contributed by atoms with E-state index in [-0.39, 0.29) is 5.28 Å². The van der Waals surface area contributed by atoms with E-state index in [1.165, 1.54) is 0 Å². The largest absolute Gasteiger partial charge is 0.399 e. The van der Waals surface area contributed by atoms with Crippen LogP contribution in [0.4, 0.5) is 17.2 Å². The third kappa shape index (κ3) is 2.17. The van der Waals surface area contributed by atoms with Crippen molar-refractivity contribution >= 4 is 40.0 Å². The van der Waals surface area contributed by atoms with Crippen LogP contribution in [0.1, 0.15) is 0 Å². The van der Waals surface area contributed by atoms with E-state index < -0.39 is 0 Å². The standard InChI is InChI=1S/C12H11ClN6/c1-19-6-15-9-10(17-12(13)18-11(9)19)16-8-4-2-7(14)3-5-8/h2-6H,14H2,1H3,(H,16,17,18). The quantitative estimate of drug-likeness (QED) is 0.554. The van der Waals surface area contributed by atoms with Crippen LogP contribution in [0.3, 0.4) is 0 Å². The average Bonchev–Trinajstić information content (AvgIpc) is 2.74. The zero-order valence-electron chi connectivity index (χ0n) is 10.1. The SMILES string of the molecule is Cn1cnc2c(Nc3ccc(N)cc3)nc(Cl)nc21. The van der Waals surface area contributed by atoms with Gasteiger partial charge in [-0.05, 0) is 35.9 Å². The maximum absolute atomic E-state index is 5.92. The Labute approximate surface area is 114 Å². The number of rotatable bonds is 2. The highest BCUT2D eigenvalue weighted by Gasteiger charge is 2.11. The third-order valence-corrected chi connectivity index (χ3v) is 2.87. The predicted octanol–water partition coefficient (Wildman–Crippen LogP) is 2.34. The molecule has 19 heavy (non-hydrogen) atoms. The number of nitrogens with two attached hydrogens (primary N) is 1. The number of nitrogens with one attached hydrogen (secondary N) is 1. The topological polar surface area (TPSA) is 81.7 Å². The molecule has 0 aliphatic rings. The zero-order chi connectivity index (χ0) is 13.4. The summed E-state index contributed by atoms with van der Waals surface area (Å²) in [5.41, 5.74) is 8.56. The molecule has 0 fully saturated rings. The van der Waals surface area contributed by atoms with Gasteiger partial charge in [0.05, 0.1) is 6.33 Å². The molecule has 0 amide bonds. The summed E-state index contributed by atoms with van der Waals surface area (Å²) in [7, 11) is 1.85. The molecule has 0 aliphatic heterocycles. The highest BCUT2D eigenvalue weighted by atomic mass is 35.5. The van der Waals surface area contributed by atoms with Gasteiger partial charge in [0.2, 0.25) is 5.28 Å². The van der Waals surface area contributed by atoms with Crippen molar-refractivity contribution in [2.45, 2.75) is 0 Å². The first-order chi connectivity index (χ1) is 9.13. The molecule has 0 bridgehead atoms. The molecule has 3 aromatic rings. The second kappa shape index (κ2) is 4.40. The number of benzene rings is 1. The fourth-order valence-corrected chi connectivity index (χ4v) is 1.94. The van der Waals surface area contributed by atoms with E-state index in [4.69, 9.17) is 17.3 Å². The van der Waals surface area contributed by atoms with Crippen LogP contribution in [0, 0.1) is 0 Å². The first kappa shape index (κ1) is 11.7. The second-order valence-electron chi connectivity index (χ2n) is 4.12. The van der Waals surface area contributed by atoms with Gasteiger partial charge in [-0.3, -0.25) is 0 Å². The number of aromatic nitrogens is 4.